The lowest BCUT2D eigenvalue weighted by molar-refractivity contribution is -0.127. The first-order valence-electron chi connectivity index (χ1n) is 8.30. The molecule has 1 fully saturated rings. The van der Waals surface area contributed by atoms with Crippen molar-refractivity contribution in [3.05, 3.63) is 30.4 Å². The van der Waals surface area contributed by atoms with Gasteiger partial charge >= 0.3 is 0 Å². The van der Waals surface area contributed by atoms with Gasteiger partial charge in [-0.15, -0.1) is 0 Å². The maximum Gasteiger partial charge on any atom is 0.232 e. The van der Waals surface area contributed by atoms with Gasteiger partial charge in [0.25, 0.3) is 0 Å². The molecule has 1 amide bonds. The highest BCUT2D eigenvalue weighted by atomic mass is 16.5. The summed E-state index contributed by atoms with van der Waals surface area (Å²) in [6.07, 6.45) is 2.08. The van der Waals surface area contributed by atoms with E-state index in [1.807, 2.05) is 37.2 Å². The van der Waals surface area contributed by atoms with E-state index in [2.05, 4.69) is 25.0 Å². The van der Waals surface area contributed by atoms with E-state index in [4.69, 9.17) is 4.52 Å². The number of imidazole rings is 1. The zero-order chi connectivity index (χ0) is 17.4. The summed E-state index contributed by atoms with van der Waals surface area (Å²) in [4.78, 5) is 27.9. The van der Waals surface area contributed by atoms with E-state index in [-0.39, 0.29) is 11.8 Å². The van der Waals surface area contributed by atoms with Crippen LogP contribution in [0.5, 0.6) is 0 Å². The van der Waals surface area contributed by atoms with Crippen molar-refractivity contribution in [2.45, 2.75) is 12.3 Å². The van der Waals surface area contributed by atoms with Crippen molar-refractivity contribution >= 4 is 16.9 Å². The van der Waals surface area contributed by atoms with Crippen LogP contribution in [-0.4, -0.2) is 69.5 Å². The zero-order valence-corrected chi connectivity index (χ0v) is 14.3. The fourth-order valence-corrected chi connectivity index (χ4v) is 3.07. The van der Waals surface area contributed by atoms with Crippen LogP contribution in [0.4, 0.5) is 0 Å². The highest BCUT2D eigenvalue weighted by Gasteiger charge is 2.34. The minimum absolute atomic E-state index is 0.0354. The lowest BCUT2D eigenvalue weighted by atomic mass is 10.1. The van der Waals surface area contributed by atoms with Crippen molar-refractivity contribution in [1.82, 2.24) is 29.9 Å². The van der Waals surface area contributed by atoms with Gasteiger partial charge in [0.2, 0.25) is 17.6 Å². The number of hydrogen-bond acceptors (Lipinski definition) is 6. The number of nitrogens with zero attached hydrogens (tertiary/aromatic N) is 5. The van der Waals surface area contributed by atoms with E-state index in [0.717, 1.165) is 29.7 Å². The first kappa shape index (κ1) is 15.8. The summed E-state index contributed by atoms with van der Waals surface area (Å²) in [5, 5.41) is 4.09. The van der Waals surface area contributed by atoms with Gasteiger partial charge < -0.3 is 19.3 Å². The summed E-state index contributed by atoms with van der Waals surface area (Å²) in [6.45, 7) is 2.20. The van der Waals surface area contributed by atoms with Gasteiger partial charge in [-0.05, 0) is 32.3 Å². The third-order valence-corrected chi connectivity index (χ3v) is 4.50. The molecule has 4 rings (SSSR count). The van der Waals surface area contributed by atoms with Crippen molar-refractivity contribution in [3.8, 4) is 11.4 Å². The molecule has 1 unspecified atom stereocenters. The van der Waals surface area contributed by atoms with Crippen molar-refractivity contribution in [3.63, 3.8) is 0 Å². The first-order chi connectivity index (χ1) is 12.1. The molecule has 1 N–H and O–H groups in total. The Balaban J connectivity index is 1.50. The van der Waals surface area contributed by atoms with Crippen molar-refractivity contribution in [2.75, 3.05) is 33.7 Å². The van der Waals surface area contributed by atoms with Gasteiger partial charge in [-0.3, -0.25) is 4.79 Å². The summed E-state index contributed by atoms with van der Waals surface area (Å²) in [7, 11) is 4.00. The van der Waals surface area contributed by atoms with Gasteiger partial charge in [0.1, 0.15) is 0 Å². The van der Waals surface area contributed by atoms with Gasteiger partial charge in [-0.1, -0.05) is 5.16 Å². The van der Waals surface area contributed by atoms with Gasteiger partial charge in [0.05, 0.1) is 23.3 Å². The van der Waals surface area contributed by atoms with Crippen LogP contribution in [0.3, 0.4) is 0 Å². The zero-order valence-electron chi connectivity index (χ0n) is 14.3. The highest BCUT2D eigenvalue weighted by Crippen LogP contribution is 2.29. The Hall–Kier alpha value is -2.74. The molecule has 130 valence electrons. The molecule has 3 aromatic rings. The summed E-state index contributed by atoms with van der Waals surface area (Å²) < 4.78 is 5.44. The minimum atomic E-state index is -0.0354. The summed E-state index contributed by atoms with van der Waals surface area (Å²) in [5.41, 5.74) is 2.68. The molecule has 8 heteroatoms. The van der Waals surface area contributed by atoms with Crippen molar-refractivity contribution < 1.29 is 9.32 Å². The van der Waals surface area contributed by atoms with Gasteiger partial charge in [-0.25, -0.2) is 4.98 Å². The maximum absolute atomic E-state index is 12.2. The number of rotatable bonds is 5. The third-order valence-electron chi connectivity index (χ3n) is 4.50. The number of H-pyrrole nitrogens is 1. The fraction of sp³-hybridized carbons (Fsp3) is 0.412. The monoisotopic (exact) mass is 340 g/mol. The predicted octanol–water partition coefficient (Wildman–Crippen LogP) is 1.49. The van der Waals surface area contributed by atoms with E-state index in [1.54, 1.807) is 6.33 Å². The van der Waals surface area contributed by atoms with Crippen molar-refractivity contribution in [2.24, 2.45) is 0 Å². The molecule has 1 aromatic carbocycles. The molecular weight excluding hydrogens is 320 g/mol. The molecule has 3 heterocycles. The number of aromatic amines is 1. The molecule has 2 aromatic heterocycles. The Morgan fingerprint density at radius 1 is 1.40 bits per heavy atom. The van der Waals surface area contributed by atoms with Crippen LogP contribution in [0.2, 0.25) is 0 Å². The smallest absolute Gasteiger partial charge is 0.232 e. The molecule has 0 spiro atoms. The molecule has 1 aliphatic rings. The largest absolute Gasteiger partial charge is 0.345 e. The molecule has 0 bridgehead atoms. The molecular formula is C17H20N6O2. The Bertz CT molecular complexity index is 899. The number of fused-ring (bicyclic) bond motifs is 1. The number of hydrogen-bond donors (Lipinski definition) is 1. The summed E-state index contributed by atoms with van der Waals surface area (Å²) >= 11 is 0. The molecule has 0 radical (unpaired) electrons. The number of carbonyl (C=O) groups is 1. The Morgan fingerprint density at radius 2 is 2.28 bits per heavy atom. The lowest BCUT2D eigenvalue weighted by Crippen LogP contribution is -2.32. The van der Waals surface area contributed by atoms with E-state index in [1.165, 1.54) is 0 Å². The van der Waals surface area contributed by atoms with Crippen LogP contribution >= 0.6 is 0 Å². The van der Waals surface area contributed by atoms with E-state index in [0.29, 0.717) is 24.7 Å². The van der Waals surface area contributed by atoms with Crippen LogP contribution in [0.1, 0.15) is 18.2 Å². The second-order valence-corrected chi connectivity index (χ2v) is 6.63. The SMILES string of the molecule is CN(C)CCN1CC(c2nc(-c3ccc4nc[nH]c4c3)no2)CC1=O. The second-order valence-electron chi connectivity index (χ2n) is 6.63. The van der Waals surface area contributed by atoms with Gasteiger partial charge in [0, 0.05) is 31.6 Å². The average Bonchev–Trinajstić information content (AvgIpc) is 3.31. The highest BCUT2D eigenvalue weighted by molar-refractivity contribution is 5.80. The van der Waals surface area contributed by atoms with Crippen molar-refractivity contribution in [1.29, 1.82) is 0 Å². The van der Waals surface area contributed by atoms with Crippen LogP contribution < -0.4 is 0 Å². The fourth-order valence-electron chi connectivity index (χ4n) is 3.07. The van der Waals surface area contributed by atoms with Crippen LogP contribution in [0.15, 0.2) is 29.0 Å². The number of likely N-dealkylation sites (N-methyl/N-ethyl adjacent to an activating group) is 1. The average molecular weight is 340 g/mol. The summed E-state index contributed by atoms with van der Waals surface area (Å²) in [6, 6.07) is 5.78. The number of carbonyl (C=O) groups excluding carboxylic acids is 1. The molecule has 1 saturated heterocycles. The quantitative estimate of drug-likeness (QED) is 0.757. The molecule has 8 nitrogen and oxygen atoms in total. The number of amides is 1. The number of benzene rings is 1. The third kappa shape index (κ3) is 3.12. The number of aromatic nitrogens is 4. The van der Waals surface area contributed by atoms with Crippen LogP contribution in [-0.2, 0) is 4.79 Å². The molecule has 25 heavy (non-hydrogen) atoms. The first-order valence-corrected chi connectivity index (χ1v) is 8.30. The number of likely N-dealkylation sites (tertiary alicyclic amines) is 1. The van der Waals surface area contributed by atoms with E-state index >= 15 is 0 Å². The summed E-state index contributed by atoms with van der Waals surface area (Å²) in [5.74, 6) is 1.17. The molecule has 0 saturated carbocycles. The van der Waals surface area contributed by atoms with Gasteiger partial charge in [0.15, 0.2) is 0 Å². The van der Waals surface area contributed by atoms with Gasteiger partial charge in [-0.2, -0.15) is 4.98 Å². The maximum atomic E-state index is 12.2. The normalized spacial score (nSPS) is 18.0. The minimum Gasteiger partial charge on any atom is -0.345 e. The van der Waals surface area contributed by atoms with Crippen LogP contribution in [0.25, 0.3) is 22.4 Å². The predicted molar refractivity (Wildman–Crippen MR) is 91.9 cm³/mol. The Morgan fingerprint density at radius 3 is 3.12 bits per heavy atom. The second kappa shape index (κ2) is 6.29. The Kier molecular flexibility index (Phi) is 3.96. The Labute approximate surface area is 144 Å². The lowest BCUT2D eigenvalue weighted by Gasteiger charge is -2.18. The molecule has 1 aliphatic heterocycles. The topological polar surface area (TPSA) is 91.2 Å². The van der Waals surface area contributed by atoms with E-state index < -0.39 is 0 Å². The number of nitrogens with one attached hydrogen (secondary N) is 1. The van der Waals surface area contributed by atoms with Crippen LogP contribution in [0, 0.1) is 0 Å². The van der Waals surface area contributed by atoms with E-state index in [9.17, 15) is 4.79 Å². The molecule has 0 aliphatic carbocycles. The molecule has 1 atom stereocenters. The standard InChI is InChI=1S/C17H20N6O2/c1-22(2)5-6-23-9-12(8-15(23)24)17-20-16(21-25-17)11-3-4-13-14(7-11)19-10-18-13/h3-4,7,10,12H,5-6,8-9H2,1-2H3,(H,18,19).